The van der Waals surface area contributed by atoms with Crippen LogP contribution in [0.15, 0.2) is 24.3 Å². The summed E-state index contributed by atoms with van der Waals surface area (Å²) in [6, 6.07) is 7.95. The predicted octanol–water partition coefficient (Wildman–Crippen LogP) is 2.81. The summed E-state index contributed by atoms with van der Waals surface area (Å²) in [5.74, 6) is -0.442. The average Bonchev–Trinajstić information content (AvgIpc) is 2.75. The van der Waals surface area contributed by atoms with Crippen molar-refractivity contribution in [3.05, 3.63) is 34.9 Å². The Labute approximate surface area is 126 Å². The van der Waals surface area contributed by atoms with E-state index in [4.69, 9.17) is 17.3 Å². The van der Waals surface area contributed by atoms with E-state index in [9.17, 15) is 4.79 Å². The van der Waals surface area contributed by atoms with Crippen molar-refractivity contribution >= 4 is 17.5 Å². The van der Waals surface area contributed by atoms with Crippen molar-refractivity contribution in [2.24, 2.45) is 11.7 Å². The molecule has 0 radical (unpaired) electrons. The van der Waals surface area contributed by atoms with Gasteiger partial charge >= 0.3 is 0 Å². The number of halogens is 1. The molecule has 0 spiro atoms. The lowest BCUT2D eigenvalue weighted by molar-refractivity contribution is -0.125. The van der Waals surface area contributed by atoms with E-state index in [0.717, 1.165) is 24.9 Å². The number of rotatable bonds is 4. The van der Waals surface area contributed by atoms with Gasteiger partial charge in [0.25, 0.3) is 0 Å². The third kappa shape index (κ3) is 2.84. The van der Waals surface area contributed by atoms with Crippen LogP contribution in [0.1, 0.15) is 32.3 Å². The summed E-state index contributed by atoms with van der Waals surface area (Å²) >= 11 is 6.10. The second kappa shape index (κ2) is 5.74. The third-order valence-corrected chi connectivity index (χ3v) is 4.85. The fourth-order valence-corrected chi connectivity index (χ4v) is 3.64. The quantitative estimate of drug-likeness (QED) is 0.928. The van der Waals surface area contributed by atoms with Crippen molar-refractivity contribution in [1.82, 2.24) is 4.90 Å². The first-order valence-electron chi connectivity index (χ1n) is 7.09. The fourth-order valence-electron chi connectivity index (χ4n) is 3.45. The maximum absolute atomic E-state index is 12.1. The zero-order valence-corrected chi connectivity index (χ0v) is 13.2. The fraction of sp³-hybridized carbons (Fsp3) is 0.562. The second-order valence-electron chi connectivity index (χ2n) is 6.30. The van der Waals surface area contributed by atoms with E-state index >= 15 is 0 Å². The molecule has 2 rings (SSSR count). The minimum Gasteiger partial charge on any atom is -0.369 e. The summed E-state index contributed by atoms with van der Waals surface area (Å²) in [5, 5.41) is 0.693. The van der Waals surface area contributed by atoms with Crippen molar-refractivity contribution in [3.8, 4) is 0 Å². The average molecular weight is 295 g/mol. The molecule has 0 aromatic heterocycles. The smallest absolute Gasteiger partial charge is 0.222 e. The highest BCUT2D eigenvalue weighted by atomic mass is 35.5. The highest BCUT2D eigenvalue weighted by Gasteiger charge is 2.43. The topological polar surface area (TPSA) is 46.3 Å². The number of hydrogen-bond donors (Lipinski definition) is 1. The molecule has 1 fully saturated rings. The van der Waals surface area contributed by atoms with Crippen LogP contribution in [-0.2, 0) is 10.2 Å². The number of likely N-dealkylation sites (tertiary alicyclic amines) is 1. The molecule has 1 heterocycles. The Morgan fingerprint density at radius 1 is 1.50 bits per heavy atom. The summed E-state index contributed by atoms with van der Waals surface area (Å²) in [5.41, 5.74) is 6.47. The lowest BCUT2D eigenvalue weighted by atomic mass is 9.69. The molecule has 1 aliphatic rings. The van der Waals surface area contributed by atoms with Crippen LogP contribution >= 0.6 is 11.6 Å². The maximum atomic E-state index is 12.1. The molecule has 1 amide bonds. The van der Waals surface area contributed by atoms with Crippen molar-refractivity contribution in [3.63, 3.8) is 0 Å². The first-order chi connectivity index (χ1) is 9.34. The highest BCUT2D eigenvalue weighted by Crippen LogP contribution is 2.39. The molecule has 110 valence electrons. The SMILES string of the molecule is CN1CCCC1C(C(N)=O)C(C)(C)c1cccc(Cl)c1. The number of amides is 1. The summed E-state index contributed by atoms with van der Waals surface area (Å²) in [6.45, 7) is 5.20. The molecular formula is C16H23ClN2O. The van der Waals surface area contributed by atoms with Gasteiger partial charge in [-0.05, 0) is 44.1 Å². The highest BCUT2D eigenvalue weighted by molar-refractivity contribution is 6.30. The van der Waals surface area contributed by atoms with Crippen LogP contribution in [0.25, 0.3) is 0 Å². The van der Waals surface area contributed by atoms with E-state index in [1.807, 2.05) is 24.3 Å². The Morgan fingerprint density at radius 3 is 2.70 bits per heavy atom. The van der Waals surface area contributed by atoms with Crippen LogP contribution in [0, 0.1) is 5.92 Å². The molecular weight excluding hydrogens is 272 g/mol. The molecule has 1 aromatic carbocycles. The molecule has 2 unspecified atom stereocenters. The lowest BCUT2D eigenvalue weighted by Gasteiger charge is -2.39. The van der Waals surface area contributed by atoms with Gasteiger partial charge in [-0.15, -0.1) is 0 Å². The number of primary amides is 1. The summed E-state index contributed by atoms with van der Waals surface area (Å²) in [7, 11) is 2.07. The van der Waals surface area contributed by atoms with Crippen molar-refractivity contribution in [2.75, 3.05) is 13.6 Å². The van der Waals surface area contributed by atoms with Gasteiger partial charge in [-0.3, -0.25) is 4.79 Å². The van der Waals surface area contributed by atoms with Gasteiger partial charge in [0.1, 0.15) is 0 Å². The number of nitrogens with zero attached hydrogens (tertiary/aromatic N) is 1. The van der Waals surface area contributed by atoms with Gasteiger partial charge in [0.05, 0.1) is 5.92 Å². The molecule has 20 heavy (non-hydrogen) atoms. The third-order valence-electron chi connectivity index (χ3n) is 4.61. The maximum Gasteiger partial charge on any atom is 0.222 e. The van der Waals surface area contributed by atoms with Gasteiger partial charge in [-0.2, -0.15) is 0 Å². The van der Waals surface area contributed by atoms with Crippen LogP contribution in [0.2, 0.25) is 5.02 Å². The van der Waals surface area contributed by atoms with E-state index in [1.165, 1.54) is 0 Å². The van der Waals surface area contributed by atoms with Crippen LogP contribution < -0.4 is 5.73 Å². The van der Waals surface area contributed by atoms with E-state index in [2.05, 4.69) is 25.8 Å². The zero-order chi connectivity index (χ0) is 14.9. The van der Waals surface area contributed by atoms with Crippen LogP contribution in [-0.4, -0.2) is 30.4 Å². The van der Waals surface area contributed by atoms with Crippen molar-refractivity contribution in [2.45, 2.75) is 38.1 Å². The first kappa shape index (κ1) is 15.3. The Morgan fingerprint density at radius 2 is 2.20 bits per heavy atom. The van der Waals surface area contributed by atoms with Gasteiger partial charge in [-0.25, -0.2) is 0 Å². The van der Waals surface area contributed by atoms with Gasteiger partial charge in [0.15, 0.2) is 0 Å². The van der Waals surface area contributed by atoms with E-state index in [-0.39, 0.29) is 23.3 Å². The largest absolute Gasteiger partial charge is 0.369 e. The number of carbonyl (C=O) groups is 1. The van der Waals surface area contributed by atoms with Gasteiger partial charge in [-0.1, -0.05) is 37.6 Å². The molecule has 1 aromatic rings. The van der Waals surface area contributed by atoms with E-state index < -0.39 is 0 Å². The molecule has 0 aliphatic carbocycles. The zero-order valence-electron chi connectivity index (χ0n) is 12.4. The lowest BCUT2D eigenvalue weighted by Crippen LogP contribution is -2.49. The number of nitrogens with two attached hydrogens (primary N) is 1. The molecule has 0 saturated carbocycles. The van der Waals surface area contributed by atoms with Crippen LogP contribution in [0.5, 0.6) is 0 Å². The van der Waals surface area contributed by atoms with Crippen LogP contribution in [0.3, 0.4) is 0 Å². The molecule has 0 bridgehead atoms. The molecule has 1 saturated heterocycles. The molecule has 2 N–H and O–H groups in total. The van der Waals surface area contributed by atoms with Crippen molar-refractivity contribution < 1.29 is 4.79 Å². The molecule has 1 aliphatic heterocycles. The Balaban J connectivity index is 2.39. The van der Waals surface area contributed by atoms with Gasteiger partial charge < -0.3 is 10.6 Å². The van der Waals surface area contributed by atoms with Gasteiger partial charge in [0.2, 0.25) is 5.91 Å². The normalized spacial score (nSPS) is 21.9. The minimum absolute atomic E-state index is 0.210. The van der Waals surface area contributed by atoms with E-state index in [0.29, 0.717) is 5.02 Å². The minimum atomic E-state index is -0.333. The second-order valence-corrected chi connectivity index (χ2v) is 6.74. The van der Waals surface area contributed by atoms with Crippen molar-refractivity contribution in [1.29, 1.82) is 0 Å². The summed E-state index contributed by atoms with van der Waals surface area (Å²) < 4.78 is 0. The number of hydrogen-bond acceptors (Lipinski definition) is 2. The van der Waals surface area contributed by atoms with E-state index in [1.54, 1.807) is 0 Å². The monoisotopic (exact) mass is 294 g/mol. The summed E-state index contributed by atoms with van der Waals surface area (Å²) in [4.78, 5) is 14.4. The summed E-state index contributed by atoms with van der Waals surface area (Å²) in [6.07, 6.45) is 2.14. The first-order valence-corrected chi connectivity index (χ1v) is 7.47. The number of benzene rings is 1. The molecule has 2 atom stereocenters. The Hall–Kier alpha value is -1.06. The standard InChI is InChI=1S/C16H23ClN2O/c1-16(2,11-6-4-7-12(17)10-11)14(15(18)20)13-8-5-9-19(13)3/h4,6-7,10,13-14H,5,8-9H2,1-3H3,(H2,18,20). The predicted molar refractivity (Wildman–Crippen MR) is 82.8 cm³/mol. The number of carbonyl (C=O) groups excluding carboxylic acids is 1. The Bertz CT molecular complexity index is 501. The van der Waals surface area contributed by atoms with Crippen LogP contribution in [0.4, 0.5) is 0 Å². The van der Waals surface area contributed by atoms with Gasteiger partial charge in [0, 0.05) is 16.5 Å². The Kier molecular flexibility index (Phi) is 4.40. The molecule has 4 heteroatoms. The molecule has 3 nitrogen and oxygen atoms in total.